The number of hydrogen-bond donors (Lipinski definition) is 1. The molecule has 0 spiro atoms. The molecular formula is C11H15ClO. The maximum absolute atomic E-state index is 9.06. The van der Waals surface area contributed by atoms with Crippen LogP contribution in [0.5, 0.6) is 5.75 Å². The van der Waals surface area contributed by atoms with Gasteiger partial charge in [-0.3, -0.25) is 0 Å². The molecule has 1 atom stereocenters. The van der Waals surface area contributed by atoms with Gasteiger partial charge in [0.05, 0.1) is 0 Å². The third-order valence-electron chi connectivity index (χ3n) is 2.13. The zero-order valence-electron chi connectivity index (χ0n) is 7.83. The van der Waals surface area contributed by atoms with Crippen molar-refractivity contribution in [2.45, 2.75) is 19.8 Å². The van der Waals surface area contributed by atoms with Crippen molar-refractivity contribution in [1.29, 1.82) is 0 Å². The van der Waals surface area contributed by atoms with E-state index in [9.17, 15) is 0 Å². The number of benzene rings is 1. The third-order valence-corrected chi connectivity index (χ3v) is 2.65. The molecule has 0 radical (unpaired) electrons. The van der Waals surface area contributed by atoms with Gasteiger partial charge in [0.1, 0.15) is 5.75 Å². The summed E-state index contributed by atoms with van der Waals surface area (Å²) < 4.78 is 0. The molecule has 1 aromatic carbocycles. The van der Waals surface area contributed by atoms with Crippen molar-refractivity contribution in [2.75, 3.05) is 5.88 Å². The van der Waals surface area contributed by atoms with Crippen LogP contribution in [0.2, 0.25) is 0 Å². The minimum Gasteiger partial charge on any atom is -0.508 e. The average molecular weight is 199 g/mol. The number of aromatic hydroxyl groups is 1. The van der Waals surface area contributed by atoms with Gasteiger partial charge in [0.25, 0.3) is 0 Å². The van der Waals surface area contributed by atoms with Crippen LogP contribution in [0.15, 0.2) is 24.3 Å². The highest BCUT2D eigenvalue weighted by Crippen LogP contribution is 2.14. The Balaban J connectivity index is 2.41. The molecule has 2 heteroatoms. The number of alkyl halides is 1. The number of hydrogen-bond acceptors (Lipinski definition) is 1. The fourth-order valence-electron chi connectivity index (χ4n) is 1.15. The minimum absolute atomic E-state index is 0.328. The minimum atomic E-state index is 0.328. The van der Waals surface area contributed by atoms with E-state index in [2.05, 4.69) is 6.92 Å². The van der Waals surface area contributed by atoms with Gasteiger partial charge in [0.2, 0.25) is 0 Å². The Hall–Kier alpha value is -0.690. The first-order valence-corrected chi connectivity index (χ1v) is 5.09. The summed E-state index contributed by atoms with van der Waals surface area (Å²) in [6, 6.07) is 7.36. The normalized spacial score (nSPS) is 12.8. The summed E-state index contributed by atoms with van der Waals surface area (Å²) in [6.45, 7) is 2.15. The first-order chi connectivity index (χ1) is 6.22. The number of aryl methyl sites for hydroxylation is 1. The van der Waals surface area contributed by atoms with Crippen LogP contribution in [0.1, 0.15) is 18.9 Å². The lowest BCUT2D eigenvalue weighted by atomic mass is 10.0. The summed E-state index contributed by atoms with van der Waals surface area (Å²) in [7, 11) is 0. The van der Waals surface area contributed by atoms with Crippen molar-refractivity contribution in [1.82, 2.24) is 0 Å². The van der Waals surface area contributed by atoms with E-state index >= 15 is 0 Å². The van der Waals surface area contributed by atoms with Gasteiger partial charge in [0, 0.05) is 5.88 Å². The van der Waals surface area contributed by atoms with Crippen molar-refractivity contribution in [3.63, 3.8) is 0 Å². The third kappa shape index (κ3) is 3.69. The summed E-state index contributed by atoms with van der Waals surface area (Å²) >= 11 is 5.70. The van der Waals surface area contributed by atoms with Crippen LogP contribution in [0.4, 0.5) is 0 Å². The van der Waals surface area contributed by atoms with Gasteiger partial charge < -0.3 is 5.11 Å². The molecule has 0 aliphatic carbocycles. The highest BCUT2D eigenvalue weighted by Gasteiger charge is 2.00. The number of phenols is 1. The topological polar surface area (TPSA) is 20.2 Å². The maximum Gasteiger partial charge on any atom is 0.115 e. The fraction of sp³-hybridized carbons (Fsp3) is 0.455. The van der Waals surface area contributed by atoms with Gasteiger partial charge in [-0.25, -0.2) is 0 Å². The number of halogens is 1. The van der Waals surface area contributed by atoms with E-state index in [0.717, 1.165) is 18.7 Å². The molecule has 0 saturated heterocycles. The summed E-state index contributed by atoms with van der Waals surface area (Å²) in [4.78, 5) is 0. The Morgan fingerprint density at radius 1 is 1.31 bits per heavy atom. The molecule has 13 heavy (non-hydrogen) atoms. The van der Waals surface area contributed by atoms with Crippen LogP contribution in [-0.4, -0.2) is 11.0 Å². The summed E-state index contributed by atoms with van der Waals surface area (Å²) in [6.07, 6.45) is 2.14. The smallest absolute Gasteiger partial charge is 0.115 e. The van der Waals surface area contributed by atoms with Crippen LogP contribution in [-0.2, 0) is 6.42 Å². The molecule has 0 saturated carbocycles. The van der Waals surface area contributed by atoms with Crippen molar-refractivity contribution in [3.8, 4) is 5.75 Å². The first-order valence-electron chi connectivity index (χ1n) is 4.56. The molecule has 1 unspecified atom stereocenters. The molecule has 0 fully saturated rings. The SMILES string of the molecule is CC(CCl)CCc1ccc(O)cc1. The second-order valence-electron chi connectivity index (χ2n) is 3.46. The molecule has 0 bridgehead atoms. The molecule has 72 valence electrons. The van der Waals surface area contributed by atoms with E-state index in [-0.39, 0.29) is 0 Å². The molecule has 1 aromatic rings. The predicted molar refractivity (Wildman–Crippen MR) is 56.3 cm³/mol. The Morgan fingerprint density at radius 3 is 2.46 bits per heavy atom. The highest BCUT2D eigenvalue weighted by molar-refractivity contribution is 6.18. The Bertz CT molecular complexity index is 243. The molecule has 0 aromatic heterocycles. The van der Waals surface area contributed by atoms with Gasteiger partial charge >= 0.3 is 0 Å². The van der Waals surface area contributed by atoms with Gasteiger partial charge in [-0.2, -0.15) is 0 Å². The lowest BCUT2D eigenvalue weighted by molar-refractivity contribution is 0.475. The molecule has 0 amide bonds. The van der Waals surface area contributed by atoms with Crippen molar-refractivity contribution in [2.24, 2.45) is 5.92 Å². The lowest BCUT2D eigenvalue weighted by Crippen LogP contribution is -1.98. The molecule has 0 aliphatic heterocycles. The van der Waals surface area contributed by atoms with Gasteiger partial charge in [-0.1, -0.05) is 19.1 Å². The van der Waals surface area contributed by atoms with Crippen molar-refractivity contribution < 1.29 is 5.11 Å². The zero-order chi connectivity index (χ0) is 9.68. The van der Waals surface area contributed by atoms with Gasteiger partial charge in [0.15, 0.2) is 0 Å². The quantitative estimate of drug-likeness (QED) is 0.737. The van der Waals surface area contributed by atoms with Crippen LogP contribution in [0.25, 0.3) is 0 Å². The van der Waals surface area contributed by atoms with E-state index in [4.69, 9.17) is 16.7 Å². The Labute approximate surface area is 84.4 Å². The van der Waals surface area contributed by atoms with Crippen LogP contribution < -0.4 is 0 Å². The summed E-state index contributed by atoms with van der Waals surface area (Å²) in [5, 5.41) is 9.06. The van der Waals surface area contributed by atoms with E-state index in [0.29, 0.717) is 11.7 Å². The molecule has 1 nitrogen and oxygen atoms in total. The monoisotopic (exact) mass is 198 g/mol. The van der Waals surface area contributed by atoms with Crippen LogP contribution in [0.3, 0.4) is 0 Å². The van der Waals surface area contributed by atoms with E-state index < -0.39 is 0 Å². The average Bonchev–Trinajstić information content (AvgIpc) is 2.16. The first kappa shape index (κ1) is 10.4. The number of phenolic OH excluding ortho intramolecular Hbond substituents is 1. The highest BCUT2D eigenvalue weighted by atomic mass is 35.5. The maximum atomic E-state index is 9.06. The summed E-state index contributed by atoms with van der Waals surface area (Å²) in [5.74, 6) is 1.61. The Kier molecular flexibility index (Phi) is 4.10. The predicted octanol–water partition coefficient (Wildman–Crippen LogP) is 3.20. The van der Waals surface area contributed by atoms with E-state index in [1.54, 1.807) is 12.1 Å². The van der Waals surface area contributed by atoms with Gasteiger partial charge in [-0.15, -0.1) is 11.6 Å². The summed E-state index contributed by atoms with van der Waals surface area (Å²) in [5.41, 5.74) is 1.26. The second-order valence-corrected chi connectivity index (χ2v) is 3.77. The molecular weight excluding hydrogens is 184 g/mol. The van der Waals surface area contributed by atoms with Gasteiger partial charge in [-0.05, 0) is 36.5 Å². The largest absolute Gasteiger partial charge is 0.508 e. The van der Waals surface area contributed by atoms with E-state index in [1.807, 2.05) is 12.1 Å². The molecule has 1 N–H and O–H groups in total. The van der Waals surface area contributed by atoms with E-state index in [1.165, 1.54) is 5.56 Å². The lowest BCUT2D eigenvalue weighted by Gasteiger charge is -2.06. The Morgan fingerprint density at radius 2 is 1.92 bits per heavy atom. The molecule has 0 aliphatic rings. The fourth-order valence-corrected chi connectivity index (χ4v) is 1.31. The second kappa shape index (κ2) is 5.13. The van der Waals surface area contributed by atoms with Crippen molar-refractivity contribution in [3.05, 3.63) is 29.8 Å². The van der Waals surface area contributed by atoms with Crippen molar-refractivity contribution >= 4 is 11.6 Å². The zero-order valence-corrected chi connectivity index (χ0v) is 8.59. The number of rotatable bonds is 4. The van der Waals surface area contributed by atoms with Crippen LogP contribution in [0, 0.1) is 5.92 Å². The molecule has 1 rings (SSSR count). The molecule has 0 heterocycles. The van der Waals surface area contributed by atoms with Crippen LogP contribution >= 0.6 is 11.6 Å². The standard InChI is InChI=1S/C11H15ClO/c1-9(8-12)2-3-10-4-6-11(13)7-5-10/h4-7,9,13H,2-3,8H2,1H3.